The molecule has 1 atom stereocenters. The van der Waals surface area contributed by atoms with E-state index < -0.39 is 12.0 Å². The standard InChI is InChI=1S/C20H29N3O4/c1-5-23-14(3)10-13(2)16(18(23)25)17(24)22-8-6-20(7-9-22)11-15(19(26)27)21(4)12-20/h10,15H,5-9,11-12H2,1-4H3,(H,26,27)/t15-/m0/s1. The number of carboxylic acids is 1. The van der Waals surface area contributed by atoms with E-state index >= 15 is 0 Å². The number of likely N-dealkylation sites (tertiary alicyclic amines) is 2. The number of pyridine rings is 1. The molecule has 2 saturated heterocycles. The molecule has 2 aliphatic rings. The second kappa shape index (κ2) is 7.11. The summed E-state index contributed by atoms with van der Waals surface area (Å²) in [5.74, 6) is -0.973. The normalized spacial score (nSPS) is 22.4. The summed E-state index contributed by atoms with van der Waals surface area (Å²) in [6, 6.07) is 1.45. The van der Waals surface area contributed by atoms with Crippen LogP contribution in [0.3, 0.4) is 0 Å². The van der Waals surface area contributed by atoms with Gasteiger partial charge in [-0.2, -0.15) is 0 Å². The Morgan fingerprint density at radius 2 is 1.89 bits per heavy atom. The van der Waals surface area contributed by atoms with Gasteiger partial charge in [-0.3, -0.25) is 19.3 Å². The predicted octanol–water partition coefficient (Wildman–Crippen LogP) is 1.50. The van der Waals surface area contributed by atoms with Crippen molar-refractivity contribution in [1.82, 2.24) is 14.4 Å². The maximum absolute atomic E-state index is 13.1. The largest absolute Gasteiger partial charge is 0.480 e. The minimum absolute atomic E-state index is 0.0411. The Hall–Kier alpha value is -2.15. The molecule has 0 aromatic carbocycles. The number of nitrogens with zero attached hydrogens (tertiary/aromatic N) is 3. The number of aryl methyl sites for hydroxylation is 2. The molecule has 3 rings (SSSR count). The van der Waals surface area contributed by atoms with Crippen molar-refractivity contribution in [2.75, 3.05) is 26.7 Å². The highest BCUT2D eigenvalue weighted by Gasteiger charge is 2.47. The fourth-order valence-electron chi connectivity index (χ4n) is 4.83. The predicted molar refractivity (Wildman–Crippen MR) is 102 cm³/mol. The summed E-state index contributed by atoms with van der Waals surface area (Å²) in [6.07, 6.45) is 2.19. The third-order valence-electron chi connectivity index (χ3n) is 6.37. The number of aliphatic carboxylic acids is 1. The number of piperidine rings is 1. The van der Waals surface area contributed by atoms with Crippen LogP contribution in [0.2, 0.25) is 0 Å². The summed E-state index contributed by atoms with van der Waals surface area (Å²) in [5, 5.41) is 9.38. The molecule has 148 valence electrons. The highest BCUT2D eigenvalue weighted by atomic mass is 16.4. The van der Waals surface area contributed by atoms with Gasteiger partial charge >= 0.3 is 5.97 Å². The molecule has 1 N–H and O–H groups in total. The second-order valence-corrected chi connectivity index (χ2v) is 8.16. The summed E-state index contributed by atoms with van der Waals surface area (Å²) in [6.45, 7) is 8.02. The van der Waals surface area contributed by atoms with E-state index in [9.17, 15) is 19.5 Å². The van der Waals surface area contributed by atoms with Crippen molar-refractivity contribution in [3.05, 3.63) is 33.2 Å². The number of amides is 1. The zero-order valence-corrected chi connectivity index (χ0v) is 16.6. The second-order valence-electron chi connectivity index (χ2n) is 8.16. The van der Waals surface area contributed by atoms with Crippen LogP contribution in [0.5, 0.6) is 0 Å². The van der Waals surface area contributed by atoms with Gasteiger partial charge in [-0.15, -0.1) is 0 Å². The number of hydrogen-bond donors (Lipinski definition) is 1. The lowest BCUT2D eigenvalue weighted by Crippen LogP contribution is -2.46. The molecule has 3 heterocycles. The molecule has 7 nitrogen and oxygen atoms in total. The van der Waals surface area contributed by atoms with Crippen LogP contribution in [0.4, 0.5) is 0 Å². The molecule has 1 amide bonds. The van der Waals surface area contributed by atoms with Gasteiger partial charge in [0.1, 0.15) is 11.6 Å². The van der Waals surface area contributed by atoms with Crippen LogP contribution in [0, 0.1) is 19.3 Å². The topological polar surface area (TPSA) is 82.8 Å². The Morgan fingerprint density at radius 1 is 1.26 bits per heavy atom. The molecule has 7 heteroatoms. The lowest BCUT2D eigenvalue weighted by Gasteiger charge is -2.39. The molecule has 2 aliphatic heterocycles. The number of hydrogen-bond acceptors (Lipinski definition) is 4. The van der Waals surface area contributed by atoms with E-state index in [4.69, 9.17) is 0 Å². The monoisotopic (exact) mass is 375 g/mol. The van der Waals surface area contributed by atoms with Crippen LogP contribution in [0.25, 0.3) is 0 Å². The Balaban J connectivity index is 1.77. The Bertz CT molecular complexity index is 821. The van der Waals surface area contributed by atoms with Gasteiger partial charge < -0.3 is 14.6 Å². The van der Waals surface area contributed by atoms with E-state index in [2.05, 4.69) is 0 Å². The molecular weight excluding hydrogens is 346 g/mol. The first-order valence-electron chi connectivity index (χ1n) is 9.62. The Kier molecular flexibility index (Phi) is 5.16. The third kappa shape index (κ3) is 3.40. The van der Waals surface area contributed by atoms with Crippen LogP contribution in [0.15, 0.2) is 10.9 Å². The van der Waals surface area contributed by atoms with E-state index in [1.807, 2.05) is 38.8 Å². The lowest BCUT2D eigenvalue weighted by molar-refractivity contribution is -0.141. The molecule has 0 saturated carbocycles. The molecule has 0 bridgehead atoms. The van der Waals surface area contributed by atoms with Crippen LogP contribution < -0.4 is 5.56 Å². The van der Waals surface area contributed by atoms with Gasteiger partial charge in [0, 0.05) is 31.9 Å². The maximum Gasteiger partial charge on any atom is 0.320 e. The molecule has 1 aromatic heterocycles. The summed E-state index contributed by atoms with van der Waals surface area (Å²) in [4.78, 5) is 40.9. The van der Waals surface area contributed by atoms with Crippen LogP contribution >= 0.6 is 0 Å². The zero-order chi connectivity index (χ0) is 19.9. The Labute approximate surface area is 159 Å². The average Bonchev–Trinajstić information content (AvgIpc) is 2.91. The molecule has 0 aliphatic carbocycles. The van der Waals surface area contributed by atoms with Gasteiger partial charge in [-0.1, -0.05) is 0 Å². The highest BCUT2D eigenvalue weighted by Crippen LogP contribution is 2.43. The highest BCUT2D eigenvalue weighted by molar-refractivity contribution is 5.95. The summed E-state index contributed by atoms with van der Waals surface area (Å²) in [7, 11) is 1.86. The van der Waals surface area contributed by atoms with Crippen molar-refractivity contribution < 1.29 is 14.7 Å². The molecule has 0 radical (unpaired) electrons. The first kappa shape index (κ1) is 19.6. The lowest BCUT2D eigenvalue weighted by atomic mass is 9.76. The van der Waals surface area contributed by atoms with Crippen LogP contribution in [-0.2, 0) is 11.3 Å². The summed E-state index contributed by atoms with van der Waals surface area (Å²) >= 11 is 0. The van der Waals surface area contributed by atoms with Crippen molar-refractivity contribution in [2.24, 2.45) is 5.41 Å². The minimum atomic E-state index is -0.775. The van der Waals surface area contributed by atoms with Gasteiger partial charge in [0.25, 0.3) is 11.5 Å². The van der Waals surface area contributed by atoms with Crippen molar-refractivity contribution in [1.29, 1.82) is 0 Å². The number of carbonyl (C=O) groups is 2. The van der Waals surface area contributed by atoms with E-state index in [1.54, 1.807) is 9.47 Å². The maximum atomic E-state index is 13.1. The number of rotatable bonds is 3. The van der Waals surface area contributed by atoms with Crippen LogP contribution in [-0.4, -0.2) is 64.1 Å². The van der Waals surface area contributed by atoms with E-state index in [-0.39, 0.29) is 22.4 Å². The minimum Gasteiger partial charge on any atom is -0.480 e. The number of carboxylic acid groups (broad SMARTS) is 1. The van der Waals surface area contributed by atoms with E-state index in [0.717, 1.165) is 30.6 Å². The molecular formula is C20H29N3O4. The number of aromatic nitrogens is 1. The first-order valence-corrected chi connectivity index (χ1v) is 9.62. The van der Waals surface area contributed by atoms with Crippen molar-refractivity contribution in [2.45, 2.75) is 52.6 Å². The number of carbonyl (C=O) groups excluding carboxylic acids is 1. The van der Waals surface area contributed by atoms with Gasteiger partial charge in [0.05, 0.1) is 0 Å². The summed E-state index contributed by atoms with van der Waals surface area (Å²) in [5.41, 5.74) is 1.60. The van der Waals surface area contributed by atoms with Crippen molar-refractivity contribution in [3.8, 4) is 0 Å². The molecule has 1 spiro atoms. The fraction of sp³-hybridized carbons (Fsp3) is 0.650. The molecule has 2 fully saturated rings. The number of likely N-dealkylation sites (N-methyl/N-ethyl adjacent to an activating group) is 1. The molecule has 27 heavy (non-hydrogen) atoms. The quantitative estimate of drug-likeness (QED) is 0.866. The smallest absolute Gasteiger partial charge is 0.320 e. The summed E-state index contributed by atoms with van der Waals surface area (Å²) < 4.78 is 1.63. The SMILES string of the molecule is CCn1c(C)cc(C)c(C(=O)N2CCC3(CC2)C[C@@H](C(=O)O)N(C)C3)c1=O. The van der Waals surface area contributed by atoms with Gasteiger partial charge in [-0.25, -0.2) is 0 Å². The average molecular weight is 375 g/mol. The van der Waals surface area contributed by atoms with E-state index in [0.29, 0.717) is 26.1 Å². The fourth-order valence-corrected chi connectivity index (χ4v) is 4.83. The van der Waals surface area contributed by atoms with Gasteiger partial charge in [0.15, 0.2) is 0 Å². The third-order valence-corrected chi connectivity index (χ3v) is 6.37. The molecule has 0 unspecified atom stereocenters. The van der Waals surface area contributed by atoms with Crippen molar-refractivity contribution >= 4 is 11.9 Å². The van der Waals surface area contributed by atoms with Gasteiger partial charge in [0.2, 0.25) is 0 Å². The van der Waals surface area contributed by atoms with Crippen molar-refractivity contribution in [3.63, 3.8) is 0 Å². The van der Waals surface area contributed by atoms with Crippen LogP contribution in [0.1, 0.15) is 47.8 Å². The first-order chi connectivity index (χ1) is 12.7. The Morgan fingerprint density at radius 3 is 2.41 bits per heavy atom. The van der Waals surface area contributed by atoms with E-state index in [1.165, 1.54) is 0 Å². The molecule has 1 aromatic rings. The zero-order valence-electron chi connectivity index (χ0n) is 16.6. The van der Waals surface area contributed by atoms with Gasteiger partial charge in [-0.05, 0) is 64.1 Å².